The smallest absolute Gasteiger partial charge is 0.306 e. The molecule has 6 nitrogen and oxygen atoms in total. The average Bonchev–Trinajstić information content (AvgIpc) is 3.26. The summed E-state index contributed by atoms with van der Waals surface area (Å²) in [7, 11) is 0. The molecule has 0 aliphatic carbocycles. The molecule has 0 aliphatic heterocycles. The van der Waals surface area contributed by atoms with Crippen molar-refractivity contribution in [3.8, 4) is 0 Å². The fraction of sp³-hybridized carbons (Fsp3) is 0.764. The first-order chi connectivity index (χ1) is 30.0. The van der Waals surface area contributed by atoms with E-state index >= 15 is 0 Å². The zero-order valence-corrected chi connectivity index (χ0v) is 40.2. The van der Waals surface area contributed by atoms with Crippen LogP contribution in [-0.4, -0.2) is 37.2 Å². The third kappa shape index (κ3) is 48.0. The van der Waals surface area contributed by atoms with Crippen LogP contribution in [0.3, 0.4) is 0 Å². The van der Waals surface area contributed by atoms with Crippen molar-refractivity contribution in [1.82, 2.24) is 0 Å². The summed E-state index contributed by atoms with van der Waals surface area (Å²) in [6.45, 7) is 6.44. The highest BCUT2D eigenvalue weighted by atomic mass is 16.6. The van der Waals surface area contributed by atoms with Crippen molar-refractivity contribution in [2.75, 3.05) is 13.2 Å². The van der Waals surface area contributed by atoms with Crippen LogP contribution in [0.15, 0.2) is 60.8 Å². The lowest BCUT2D eigenvalue weighted by Crippen LogP contribution is -2.30. The van der Waals surface area contributed by atoms with Gasteiger partial charge in [0, 0.05) is 19.3 Å². The van der Waals surface area contributed by atoms with Crippen LogP contribution < -0.4 is 0 Å². The highest BCUT2D eigenvalue weighted by Crippen LogP contribution is 2.15. The predicted octanol–water partition coefficient (Wildman–Crippen LogP) is 16.9. The lowest BCUT2D eigenvalue weighted by molar-refractivity contribution is -0.166. The summed E-state index contributed by atoms with van der Waals surface area (Å²) < 4.78 is 16.7. The second-order valence-corrected chi connectivity index (χ2v) is 17.1. The lowest BCUT2D eigenvalue weighted by Gasteiger charge is -2.18. The van der Waals surface area contributed by atoms with Crippen LogP contribution >= 0.6 is 0 Å². The van der Waals surface area contributed by atoms with Crippen LogP contribution in [0.5, 0.6) is 0 Å². The fourth-order valence-corrected chi connectivity index (χ4v) is 7.20. The monoisotopic (exact) mass is 853 g/mol. The molecular formula is C55H96O6. The zero-order chi connectivity index (χ0) is 44.4. The topological polar surface area (TPSA) is 78.9 Å². The number of hydrogen-bond acceptors (Lipinski definition) is 6. The van der Waals surface area contributed by atoms with Crippen molar-refractivity contribution < 1.29 is 28.6 Å². The van der Waals surface area contributed by atoms with Crippen LogP contribution in [0.4, 0.5) is 0 Å². The minimum Gasteiger partial charge on any atom is -0.462 e. The molecule has 0 N–H and O–H groups in total. The van der Waals surface area contributed by atoms with Gasteiger partial charge in [-0.05, 0) is 57.8 Å². The Morgan fingerprint density at radius 3 is 1.21 bits per heavy atom. The molecule has 6 heteroatoms. The Hall–Kier alpha value is -2.89. The number of ether oxygens (including phenoxy) is 3. The van der Waals surface area contributed by atoms with Crippen LogP contribution in [0, 0.1) is 0 Å². The Labute approximate surface area is 377 Å². The van der Waals surface area contributed by atoms with E-state index in [-0.39, 0.29) is 37.5 Å². The van der Waals surface area contributed by atoms with Crippen molar-refractivity contribution in [1.29, 1.82) is 0 Å². The highest BCUT2D eigenvalue weighted by Gasteiger charge is 2.19. The maximum absolute atomic E-state index is 12.8. The predicted molar refractivity (Wildman–Crippen MR) is 261 cm³/mol. The molecule has 0 spiro atoms. The number of unbranched alkanes of at least 4 members (excludes halogenated alkanes) is 27. The van der Waals surface area contributed by atoms with Crippen LogP contribution in [0.2, 0.25) is 0 Å². The molecule has 0 saturated heterocycles. The van der Waals surface area contributed by atoms with Crippen LogP contribution in [-0.2, 0) is 28.6 Å². The minimum absolute atomic E-state index is 0.0978. The van der Waals surface area contributed by atoms with Crippen molar-refractivity contribution in [2.24, 2.45) is 0 Å². The number of hydrogen-bond donors (Lipinski definition) is 0. The van der Waals surface area contributed by atoms with Gasteiger partial charge in [0.05, 0.1) is 0 Å². The van der Waals surface area contributed by atoms with Gasteiger partial charge in [-0.2, -0.15) is 0 Å². The minimum atomic E-state index is -0.804. The van der Waals surface area contributed by atoms with E-state index < -0.39 is 6.10 Å². The molecule has 61 heavy (non-hydrogen) atoms. The summed E-state index contributed by atoms with van der Waals surface area (Å²) in [5, 5.41) is 0. The van der Waals surface area contributed by atoms with Crippen molar-refractivity contribution >= 4 is 17.9 Å². The molecule has 0 aromatic heterocycles. The number of allylic oxidation sites excluding steroid dienone is 10. The molecular weight excluding hydrogens is 757 g/mol. The van der Waals surface area contributed by atoms with Gasteiger partial charge >= 0.3 is 17.9 Å². The van der Waals surface area contributed by atoms with Gasteiger partial charge in [-0.3, -0.25) is 14.4 Å². The van der Waals surface area contributed by atoms with Crippen LogP contribution in [0.25, 0.3) is 0 Å². The van der Waals surface area contributed by atoms with Gasteiger partial charge in [0.2, 0.25) is 0 Å². The quantitative estimate of drug-likeness (QED) is 0.0200. The average molecular weight is 853 g/mol. The van der Waals surface area contributed by atoms with Crippen molar-refractivity contribution in [3.05, 3.63) is 60.8 Å². The Morgan fingerprint density at radius 2 is 0.738 bits per heavy atom. The maximum Gasteiger partial charge on any atom is 0.306 e. The van der Waals surface area contributed by atoms with E-state index in [4.69, 9.17) is 14.2 Å². The Morgan fingerprint density at radius 1 is 0.361 bits per heavy atom. The van der Waals surface area contributed by atoms with E-state index in [1.54, 1.807) is 0 Å². The second kappa shape index (κ2) is 49.8. The highest BCUT2D eigenvalue weighted by molar-refractivity contribution is 5.71. The number of carbonyl (C=O) groups is 3. The van der Waals surface area contributed by atoms with Gasteiger partial charge in [0.15, 0.2) is 6.10 Å². The summed E-state index contributed by atoms with van der Waals surface area (Å²) in [6.07, 6.45) is 60.8. The summed E-state index contributed by atoms with van der Waals surface area (Å²) in [4.78, 5) is 37.9. The lowest BCUT2D eigenvalue weighted by atomic mass is 10.0. The first-order valence-corrected chi connectivity index (χ1v) is 25.8. The van der Waals surface area contributed by atoms with E-state index in [0.29, 0.717) is 19.3 Å². The SMILES string of the molecule is CC/C=C/C=C/C=C/CCCCCCCC(=O)OC(COC(=O)CC/C=C/C/C=C/CCCCCCCC)COC(=O)CCCCCCCCCCCCCCCCCCC. The van der Waals surface area contributed by atoms with Gasteiger partial charge in [-0.25, -0.2) is 0 Å². The molecule has 0 fully saturated rings. The summed E-state index contributed by atoms with van der Waals surface area (Å²) in [5.41, 5.74) is 0. The molecule has 0 heterocycles. The van der Waals surface area contributed by atoms with E-state index in [0.717, 1.165) is 77.0 Å². The standard InChI is InChI=1S/C55H96O6/c1-4-7-10-13-16-19-22-25-26-27-28-31-33-36-39-42-45-48-54(57)60-51-52(61-55(58)49-46-43-40-37-34-30-24-21-18-15-12-9-6-3)50-59-53(56)47-44-41-38-35-32-29-23-20-17-14-11-8-5-2/h9,12,15,18,21,24,29,32,38,41,52H,4-8,10-11,13-14,16-17,19-20,22-23,25-28,30-31,33-37,39-40,42-51H2,1-3H3/b12-9+,18-15+,24-21+,32-29+,41-38+. The molecule has 352 valence electrons. The second-order valence-electron chi connectivity index (χ2n) is 17.1. The molecule has 1 unspecified atom stereocenters. The Kier molecular flexibility index (Phi) is 47.4. The normalized spacial score (nSPS) is 12.5. The van der Waals surface area contributed by atoms with Crippen molar-refractivity contribution in [3.63, 3.8) is 0 Å². The number of carbonyl (C=O) groups excluding carboxylic acids is 3. The molecule has 0 aliphatic rings. The van der Waals surface area contributed by atoms with Gasteiger partial charge < -0.3 is 14.2 Å². The Bertz CT molecular complexity index is 1120. The number of esters is 3. The van der Waals surface area contributed by atoms with E-state index in [9.17, 15) is 14.4 Å². The van der Waals surface area contributed by atoms with Gasteiger partial charge in [0.25, 0.3) is 0 Å². The van der Waals surface area contributed by atoms with E-state index in [1.807, 2.05) is 6.08 Å². The molecule has 0 aromatic rings. The Balaban J connectivity index is 4.42. The summed E-state index contributed by atoms with van der Waals surface area (Å²) >= 11 is 0. The first-order valence-electron chi connectivity index (χ1n) is 25.8. The van der Waals surface area contributed by atoms with Gasteiger partial charge in [-0.15, -0.1) is 0 Å². The summed E-state index contributed by atoms with van der Waals surface area (Å²) in [6, 6.07) is 0. The molecule has 1 atom stereocenters. The van der Waals surface area contributed by atoms with E-state index in [1.165, 1.54) is 128 Å². The summed E-state index contributed by atoms with van der Waals surface area (Å²) in [5.74, 6) is -0.985. The van der Waals surface area contributed by atoms with Gasteiger partial charge in [-0.1, -0.05) is 236 Å². The molecule has 0 aromatic carbocycles. The molecule has 0 radical (unpaired) electrons. The van der Waals surface area contributed by atoms with E-state index in [2.05, 4.69) is 75.5 Å². The molecule has 0 saturated carbocycles. The number of rotatable bonds is 46. The third-order valence-corrected chi connectivity index (χ3v) is 11.1. The zero-order valence-electron chi connectivity index (χ0n) is 40.2. The molecule has 0 rings (SSSR count). The van der Waals surface area contributed by atoms with Crippen LogP contribution in [0.1, 0.15) is 252 Å². The fourth-order valence-electron chi connectivity index (χ4n) is 7.20. The van der Waals surface area contributed by atoms with Gasteiger partial charge in [0.1, 0.15) is 13.2 Å². The maximum atomic E-state index is 12.8. The first kappa shape index (κ1) is 58.1. The van der Waals surface area contributed by atoms with Crippen molar-refractivity contribution in [2.45, 2.75) is 258 Å². The third-order valence-electron chi connectivity index (χ3n) is 11.1. The molecule has 0 bridgehead atoms. The largest absolute Gasteiger partial charge is 0.462 e. The molecule has 0 amide bonds.